The molecule has 1 aliphatic rings. The number of carbonyl (C=O) groups is 4. The minimum atomic E-state index is -1.87. The molecule has 1 aromatic heterocycles. The third kappa shape index (κ3) is 5.66. The molecule has 0 aliphatic carbocycles. The predicted molar refractivity (Wildman–Crippen MR) is 111 cm³/mol. The third-order valence-corrected chi connectivity index (χ3v) is 4.41. The molecule has 1 unspecified atom stereocenters. The summed E-state index contributed by atoms with van der Waals surface area (Å²) >= 11 is 0. The quantitative estimate of drug-likeness (QED) is 0.263. The van der Waals surface area contributed by atoms with Gasteiger partial charge in [-0.3, -0.25) is 20.1 Å². The molecule has 8 N–H and O–H groups in total. The van der Waals surface area contributed by atoms with E-state index in [4.69, 9.17) is 17.3 Å². The molecule has 0 saturated carbocycles. The Hall–Kier alpha value is -4.26. The molecule has 13 nitrogen and oxygen atoms in total. The van der Waals surface area contributed by atoms with Gasteiger partial charge in [0.2, 0.25) is 0 Å². The Bertz CT molecular complexity index is 1090. The van der Waals surface area contributed by atoms with Crippen molar-refractivity contribution in [2.45, 2.75) is 31.7 Å². The molecule has 13 heteroatoms. The second-order valence-corrected chi connectivity index (χ2v) is 6.78. The van der Waals surface area contributed by atoms with Gasteiger partial charge in [0.1, 0.15) is 6.04 Å². The van der Waals surface area contributed by atoms with Gasteiger partial charge in [-0.05, 0) is 30.7 Å². The van der Waals surface area contributed by atoms with Crippen LogP contribution in [0.4, 0.5) is 11.5 Å². The van der Waals surface area contributed by atoms with Crippen LogP contribution in [0.25, 0.3) is 0 Å². The van der Waals surface area contributed by atoms with Gasteiger partial charge in [-0.15, -0.1) is 0 Å². The third-order valence-electron chi connectivity index (χ3n) is 4.41. The van der Waals surface area contributed by atoms with Crippen LogP contribution < -0.4 is 27.0 Å². The number of nitrogens with one attached hydrogen (secondary N) is 4. The molecular weight excluding hydrogens is 422 g/mol. The van der Waals surface area contributed by atoms with Gasteiger partial charge in [-0.2, -0.15) is 0 Å². The number of carbonyl (C=O) groups excluding carboxylic acids is 2. The lowest BCUT2D eigenvalue weighted by Crippen LogP contribution is -2.51. The fraction of sp³-hybridized carbons (Fsp3) is 0.263. The lowest BCUT2D eigenvalue weighted by Gasteiger charge is -2.23. The average Bonchev–Trinajstić information content (AvgIpc) is 2.74. The smallest absolute Gasteiger partial charge is 0.326 e. The average molecular weight is 444 g/mol. The number of nitrogens with zero attached hydrogens (tertiary/aromatic N) is 2. The number of carboxylic acid groups (broad SMARTS) is 2. The maximum atomic E-state index is 12.3. The van der Waals surface area contributed by atoms with E-state index in [1.807, 2.05) is 0 Å². The van der Waals surface area contributed by atoms with Crippen molar-refractivity contribution >= 4 is 35.3 Å². The maximum Gasteiger partial charge on any atom is 0.326 e. The number of nitrogens with two attached hydrogens (primary N) is 1. The van der Waals surface area contributed by atoms with Crippen LogP contribution in [0.2, 0.25) is 0 Å². The van der Waals surface area contributed by atoms with Crippen LogP contribution in [0.5, 0.6) is 0 Å². The fourth-order valence-corrected chi connectivity index (χ4v) is 2.80. The van der Waals surface area contributed by atoms with Crippen molar-refractivity contribution in [3.63, 3.8) is 0 Å². The maximum absolute atomic E-state index is 12.3. The highest BCUT2D eigenvalue weighted by molar-refractivity contribution is 5.98. The van der Waals surface area contributed by atoms with E-state index in [0.29, 0.717) is 11.4 Å². The molecule has 2 aromatic rings. The van der Waals surface area contributed by atoms with E-state index >= 15 is 0 Å². The molecule has 0 spiro atoms. The Kier molecular flexibility index (Phi) is 6.36. The molecule has 2 amide bonds. The first kappa shape index (κ1) is 21.0. The van der Waals surface area contributed by atoms with E-state index in [2.05, 4.69) is 31.2 Å². The Labute approximate surface area is 182 Å². The number of carboxylic acids is 2. The molecule has 0 bridgehead atoms. The van der Waals surface area contributed by atoms with Gasteiger partial charge < -0.3 is 31.5 Å². The van der Waals surface area contributed by atoms with Crippen molar-refractivity contribution in [2.24, 2.45) is 5.73 Å². The number of hydrogen-bond acceptors (Lipinski definition) is 9. The van der Waals surface area contributed by atoms with Crippen molar-refractivity contribution in [2.75, 3.05) is 10.6 Å². The van der Waals surface area contributed by atoms with Crippen molar-refractivity contribution in [1.82, 2.24) is 20.6 Å². The second kappa shape index (κ2) is 9.70. The van der Waals surface area contributed by atoms with E-state index < -0.39 is 36.1 Å². The van der Waals surface area contributed by atoms with Gasteiger partial charge in [0, 0.05) is 17.7 Å². The van der Waals surface area contributed by atoms with Crippen LogP contribution in [0.1, 0.15) is 40.8 Å². The topological polar surface area (TPSA) is 209 Å². The molecule has 0 radical (unpaired) electrons. The summed E-state index contributed by atoms with van der Waals surface area (Å²) in [6.45, 7) is 0.198. The zero-order valence-electron chi connectivity index (χ0n) is 17.6. The molecule has 168 valence electrons. The Balaban J connectivity index is 1.59. The monoisotopic (exact) mass is 444 g/mol. The first-order valence-electron chi connectivity index (χ1n) is 9.89. The summed E-state index contributed by atoms with van der Waals surface area (Å²) in [6.07, 6.45) is -1.08. The molecule has 32 heavy (non-hydrogen) atoms. The van der Waals surface area contributed by atoms with Crippen molar-refractivity contribution in [3.8, 4) is 0 Å². The van der Waals surface area contributed by atoms with Crippen LogP contribution in [0.3, 0.4) is 0 Å². The van der Waals surface area contributed by atoms with Crippen LogP contribution in [0, 0.1) is 0 Å². The molecule has 1 aromatic carbocycles. The first-order valence-corrected chi connectivity index (χ1v) is 9.39. The molecule has 0 saturated heterocycles. The summed E-state index contributed by atoms with van der Waals surface area (Å²) in [5.74, 6) is -3.66. The summed E-state index contributed by atoms with van der Waals surface area (Å²) in [5.41, 5.74) is 6.77. The summed E-state index contributed by atoms with van der Waals surface area (Å²) in [6, 6.07) is 4.80. The van der Waals surface area contributed by atoms with E-state index in [9.17, 15) is 19.2 Å². The van der Waals surface area contributed by atoms with Crippen molar-refractivity contribution in [3.05, 3.63) is 47.4 Å². The highest BCUT2D eigenvalue weighted by Crippen LogP contribution is 2.16. The number of benzene rings is 1. The zero-order chi connectivity index (χ0) is 24.2. The van der Waals surface area contributed by atoms with Gasteiger partial charge in [0.15, 0.2) is 17.8 Å². The van der Waals surface area contributed by atoms with Crippen LogP contribution in [0.15, 0.2) is 30.5 Å². The van der Waals surface area contributed by atoms with Gasteiger partial charge in [-0.1, -0.05) is 0 Å². The second-order valence-electron chi connectivity index (χ2n) is 6.78. The van der Waals surface area contributed by atoms with Crippen LogP contribution in [-0.2, 0) is 16.1 Å². The van der Waals surface area contributed by atoms with Gasteiger partial charge in [0.25, 0.3) is 11.8 Å². The largest absolute Gasteiger partial charge is 0.481 e. The predicted octanol–water partition coefficient (Wildman–Crippen LogP) is -0.466. The summed E-state index contributed by atoms with van der Waals surface area (Å²) in [5, 5.41) is 28.0. The van der Waals surface area contributed by atoms with E-state index in [1.54, 1.807) is 12.1 Å². The highest BCUT2D eigenvalue weighted by Gasteiger charge is 2.24. The van der Waals surface area contributed by atoms with E-state index in [1.165, 1.54) is 18.3 Å². The summed E-state index contributed by atoms with van der Waals surface area (Å²) < 4.78 is 7.65. The standard InChI is InChI=1S/C19H21N7O6/c20-19-25-15-14(17(30)26-19)23-11(8-22-15)7-21-10-3-1-9(2-4-10)16(29)24-12(18(31)32)5-6-13(27)28/h1-4,8,12,19,21H,5-7,20H2,(H,22,25)(H,24,29)(H,26,30)(H,27,28)(H,31,32)/t12-,19?/m0/s1/i19D. The van der Waals surface area contributed by atoms with Crippen molar-refractivity contribution in [1.29, 1.82) is 0 Å². The van der Waals surface area contributed by atoms with E-state index in [-0.39, 0.29) is 36.5 Å². The van der Waals surface area contributed by atoms with Gasteiger partial charge in [-0.25, -0.2) is 14.8 Å². The molecule has 2 atom stereocenters. The zero-order valence-corrected chi connectivity index (χ0v) is 16.6. The minimum absolute atomic E-state index is 0.00512. The molecule has 2 heterocycles. The van der Waals surface area contributed by atoms with Crippen LogP contribution in [-0.4, -0.2) is 56.2 Å². The highest BCUT2D eigenvalue weighted by atomic mass is 16.4. The number of aliphatic carboxylic acids is 2. The summed E-state index contributed by atoms with van der Waals surface area (Å²) in [4.78, 5) is 54.5. The Morgan fingerprint density at radius 2 is 1.94 bits per heavy atom. The number of fused-ring (bicyclic) bond motifs is 1. The lowest BCUT2D eigenvalue weighted by molar-refractivity contribution is -0.140. The number of amides is 2. The van der Waals surface area contributed by atoms with Gasteiger partial charge in [0.05, 0.1) is 19.8 Å². The first-order chi connectivity index (χ1) is 15.5. The normalized spacial score (nSPS) is 18.3. The molecule has 1 aliphatic heterocycles. The SMILES string of the molecule is [2H]C1(N)NC(=O)c2nc(CNc3ccc(C(=O)N[C@@H](CCC(=O)O)C(=O)O)cc3)cnc2N1. The number of hydrogen-bond donors (Lipinski definition) is 7. The van der Waals surface area contributed by atoms with Crippen LogP contribution >= 0.6 is 0 Å². The molecular formula is C19H21N7O6. The molecule has 3 rings (SSSR count). The Morgan fingerprint density at radius 1 is 1.22 bits per heavy atom. The number of rotatable bonds is 9. The number of anilines is 2. The Morgan fingerprint density at radius 3 is 2.59 bits per heavy atom. The summed E-state index contributed by atoms with van der Waals surface area (Å²) in [7, 11) is 0. The lowest BCUT2D eigenvalue weighted by atomic mass is 10.1. The van der Waals surface area contributed by atoms with Gasteiger partial charge >= 0.3 is 11.9 Å². The molecule has 0 fully saturated rings. The number of aromatic nitrogens is 2. The minimum Gasteiger partial charge on any atom is -0.481 e. The van der Waals surface area contributed by atoms with E-state index in [0.717, 1.165) is 0 Å². The van der Waals surface area contributed by atoms with Crippen molar-refractivity contribution < 1.29 is 30.8 Å². The fourth-order valence-electron chi connectivity index (χ4n) is 2.80.